The lowest BCUT2D eigenvalue weighted by molar-refractivity contribution is 0.287. The van der Waals surface area contributed by atoms with E-state index in [0.717, 1.165) is 5.56 Å². The van der Waals surface area contributed by atoms with Gasteiger partial charge in [-0.25, -0.2) is 13.1 Å². The monoisotopic (exact) mass is 350 g/mol. The fourth-order valence-corrected chi connectivity index (χ4v) is 3.13. The summed E-state index contributed by atoms with van der Waals surface area (Å²) in [5, 5.41) is 0. The van der Waals surface area contributed by atoms with Crippen LogP contribution in [0.1, 0.15) is 19.4 Å². The second-order valence-electron chi connectivity index (χ2n) is 5.04. The van der Waals surface area contributed by atoms with Crippen LogP contribution in [0.5, 0.6) is 11.5 Å². The molecule has 0 aliphatic carbocycles. The van der Waals surface area contributed by atoms with Crippen molar-refractivity contribution in [1.82, 2.24) is 4.72 Å². The molecular formula is C17H22N2O4S. The van der Waals surface area contributed by atoms with Gasteiger partial charge in [0.1, 0.15) is 0 Å². The molecule has 24 heavy (non-hydrogen) atoms. The molecule has 0 saturated carbocycles. The first-order valence-corrected chi connectivity index (χ1v) is 9.18. The van der Waals surface area contributed by atoms with Crippen LogP contribution in [0.2, 0.25) is 0 Å². The van der Waals surface area contributed by atoms with Gasteiger partial charge in [-0.15, -0.1) is 0 Å². The molecule has 0 unspecified atom stereocenters. The van der Waals surface area contributed by atoms with E-state index in [1.807, 2.05) is 13.8 Å². The van der Waals surface area contributed by atoms with Crippen LogP contribution in [-0.4, -0.2) is 21.6 Å². The molecule has 0 spiro atoms. The van der Waals surface area contributed by atoms with Crippen LogP contribution in [-0.2, 0) is 16.6 Å². The van der Waals surface area contributed by atoms with Gasteiger partial charge in [0.05, 0.1) is 18.1 Å². The number of anilines is 1. The molecule has 2 aromatic carbocycles. The number of sulfonamides is 1. The van der Waals surface area contributed by atoms with Crippen molar-refractivity contribution >= 4 is 15.7 Å². The van der Waals surface area contributed by atoms with Gasteiger partial charge in [-0.2, -0.15) is 0 Å². The van der Waals surface area contributed by atoms with Crippen molar-refractivity contribution in [3.05, 3.63) is 48.0 Å². The molecule has 0 aliphatic heterocycles. The van der Waals surface area contributed by atoms with Crippen molar-refractivity contribution in [2.45, 2.75) is 25.3 Å². The summed E-state index contributed by atoms with van der Waals surface area (Å²) in [4.78, 5) is 0.174. The lowest BCUT2D eigenvalue weighted by atomic mass is 10.2. The summed E-state index contributed by atoms with van der Waals surface area (Å²) in [6.07, 6.45) is 0. The van der Waals surface area contributed by atoms with Gasteiger partial charge in [-0.3, -0.25) is 0 Å². The Hall–Kier alpha value is -2.25. The Kier molecular flexibility index (Phi) is 6.05. The maximum atomic E-state index is 12.3. The number of rotatable bonds is 8. The minimum Gasteiger partial charge on any atom is -0.490 e. The normalized spacial score (nSPS) is 11.2. The van der Waals surface area contributed by atoms with Gasteiger partial charge in [0.25, 0.3) is 0 Å². The zero-order valence-corrected chi connectivity index (χ0v) is 14.6. The molecular weight excluding hydrogens is 328 g/mol. The van der Waals surface area contributed by atoms with E-state index in [9.17, 15) is 8.42 Å². The molecule has 7 heteroatoms. The van der Waals surface area contributed by atoms with Crippen LogP contribution >= 0.6 is 0 Å². The molecule has 130 valence electrons. The number of hydrogen-bond acceptors (Lipinski definition) is 5. The zero-order valence-electron chi connectivity index (χ0n) is 13.8. The van der Waals surface area contributed by atoms with Crippen molar-refractivity contribution in [3.63, 3.8) is 0 Å². The average molecular weight is 350 g/mol. The summed E-state index contributed by atoms with van der Waals surface area (Å²) >= 11 is 0. The highest BCUT2D eigenvalue weighted by molar-refractivity contribution is 7.89. The highest BCUT2D eigenvalue weighted by atomic mass is 32.2. The van der Waals surface area contributed by atoms with Crippen LogP contribution in [0.15, 0.2) is 47.4 Å². The van der Waals surface area contributed by atoms with E-state index in [4.69, 9.17) is 15.2 Å². The lowest BCUT2D eigenvalue weighted by Crippen LogP contribution is -2.23. The van der Waals surface area contributed by atoms with E-state index in [2.05, 4.69) is 4.72 Å². The highest BCUT2D eigenvalue weighted by Crippen LogP contribution is 2.28. The number of nitrogens with one attached hydrogen (secondary N) is 1. The summed E-state index contributed by atoms with van der Waals surface area (Å²) in [5.41, 5.74) is 6.87. The first kappa shape index (κ1) is 18.1. The van der Waals surface area contributed by atoms with E-state index in [1.165, 1.54) is 12.1 Å². The molecule has 0 amide bonds. The summed E-state index contributed by atoms with van der Waals surface area (Å²) < 4.78 is 38.2. The van der Waals surface area contributed by atoms with Gasteiger partial charge in [0, 0.05) is 12.2 Å². The third-order valence-electron chi connectivity index (χ3n) is 3.26. The Morgan fingerprint density at radius 1 is 0.958 bits per heavy atom. The van der Waals surface area contributed by atoms with Crippen molar-refractivity contribution < 1.29 is 17.9 Å². The van der Waals surface area contributed by atoms with Crippen LogP contribution < -0.4 is 19.9 Å². The standard InChI is InChI=1S/C17H22N2O4S/c1-3-22-16-10-5-13(11-17(16)23-4-2)12-19-24(20,21)15-8-6-14(18)7-9-15/h5-11,19H,3-4,12,18H2,1-2H3. The van der Waals surface area contributed by atoms with E-state index < -0.39 is 10.0 Å². The van der Waals surface area contributed by atoms with Gasteiger partial charge in [-0.1, -0.05) is 6.07 Å². The van der Waals surface area contributed by atoms with Crippen LogP contribution in [0.25, 0.3) is 0 Å². The first-order chi connectivity index (χ1) is 11.5. The van der Waals surface area contributed by atoms with E-state index in [1.54, 1.807) is 30.3 Å². The second-order valence-corrected chi connectivity index (χ2v) is 6.81. The molecule has 6 nitrogen and oxygen atoms in total. The Labute approximate surface area is 142 Å². The van der Waals surface area contributed by atoms with Gasteiger partial charge in [0.15, 0.2) is 11.5 Å². The molecule has 0 aliphatic rings. The number of benzene rings is 2. The van der Waals surface area contributed by atoms with E-state index in [-0.39, 0.29) is 11.4 Å². The lowest BCUT2D eigenvalue weighted by Gasteiger charge is -2.13. The quantitative estimate of drug-likeness (QED) is 0.714. The van der Waals surface area contributed by atoms with Crippen molar-refractivity contribution in [2.24, 2.45) is 0 Å². The molecule has 0 bridgehead atoms. The topological polar surface area (TPSA) is 90.7 Å². The molecule has 0 fully saturated rings. The fourth-order valence-electron chi connectivity index (χ4n) is 2.11. The second kappa shape index (κ2) is 8.03. The molecule has 2 aromatic rings. The Morgan fingerprint density at radius 2 is 1.58 bits per heavy atom. The zero-order chi connectivity index (χ0) is 17.6. The molecule has 0 saturated heterocycles. The SMILES string of the molecule is CCOc1ccc(CNS(=O)(=O)c2ccc(N)cc2)cc1OCC. The summed E-state index contributed by atoms with van der Waals surface area (Å²) in [6.45, 7) is 4.96. The predicted octanol–water partition coefficient (Wildman–Crippen LogP) is 2.54. The summed E-state index contributed by atoms with van der Waals surface area (Å²) in [5.74, 6) is 1.24. The largest absolute Gasteiger partial charge is 0.490 e. The van der Waals surface area contributed by atoms with Crippen LogP contribution in [0.4, 0.5) is 5.69 Å². The molecule has 0 radical (unpaired) electrons. The fraction of sp³-hybridized carbons (Fsp3) is 0.294. The van der Waals surface area contributed by atoms with Crippen LogP contribution in [0, 0.1) is 0 Å². The van der Waals surface area contributed by atoms with Crippen molar-refractivity contribution in [2.75, 3.05) is 18.9 Å². The van der Waals surface area contributed by atoms with Gasteiger partial charge >= 0.3 is 0 Å². The molecule has 0 atom stereocenters. The van der Waals surface area contributed by atoms with Gasteiger partial charge < -0.3 is 15.2 Å². The van der Waals surface area contributed by atoms with Crippen LogP contribution in [0.3, 0.4) is 0 Å². The average Bonchev–Trinajstić information content (AvgIpc) is 2.56. The maximum Gasteiger partial charge on any atom is 0.240 e. The van der Waals surface area contributed by atoms with Crippen molar-refractivity contribution in [3.8, 4) is 11.5 Å². The Morgan fingerprint density at radius 3 is 2.21 bits per heavy atom. The summed E-state index contributed by atoms with van der Waals surface area (Å²) in [7, 11) is -3.60. The number of nitrogen functional groups attached to an aromatic ring is 1. The number of ether oxygens (including phenoxy) is 2. The molecule has 0 heterocycles. The Bertz CT molecular complexity index is 774. The molecule has 2 rings (SSSR count). The predicted molar refractivity (Wildman–Crippen MR) is 93.7 cm³/mol. The smallest absolute Gasteiger partial charge is 0.240 e. The third-order valence-corrected chi connectivity index (χ3v) is 4.68. The van der Waals surface area contributed by atoms with Gasteiger partial charge in [-0.05, 0) is 55.8 Å². The highest BCUT2D eigenvalue weighted by Gasteiger charge is 2.14. The molecule has 0 aromatic heterocycles. The number of nitrogens with two attached hydrogens (primary N) is 1. The first-order valence-electron chi connectivity index (χ1n) is 7.70. The minimum atomic E-state index is -3.60. The number of hydrogen-bond donors (Lipinski definition) is 2. The van der Waals surface area contributed by atoms with E-state index >= 15 is 0 Å². The van der Waals surface area contributed by atoms with Crippen molar-refractivity contribution in [1.29, 1.82) is 0 Å². The van der Waals surface area contributed by atoms with Gasteiger partial charge in [0.2, 0.25) is 10.0 Å². The maximum absolute atomic E-state index is 12.3. The minimum absolute atomic E-state index is 0.152. The van der Waals surface area contributed by atoms with E-state index in [0.29, 0.717) is 30.4 Å². The summed E-state index contributed by atoms with van der Waals surface area (Å²) in [6, 6.07) is 11.4. The third kappa shape index (κ3) is 4.62. The molecule has 3 N–H and O–H groups in total. The Balaban J connectivity index is 2.13.